The Kier molecular flexibility index (Phi) is 6.67. The Labute approximate surface area is 156 Å². The minimum Gasteiger partial charge on any atom is -0.497 e. The molecule has 0 radical (unpaired) electrons. The maximum Gasteiger partial charge on any atom is 0.241 e. The van der Waals surface area contributed by atoms with Crippen molar-refractivity contribution in [3.05, 3.63) is 53.1 Å². The number of para-hydroxylation sites is 1. The molecule has 0 bridgehead atoms. The lowest BCUT2D eigenvalue weighted by Gasteiger charge is -2.15. The fourth-order valence-electron chi connectivity index (χ4n) is 2.95. The third kappa shape index (κ3) is 4.77. The molecule has 0 saturated heterocycles. The predicted octanol–water partition coefficient (Wildman–Crippen LogP) is 3.79. The smallest absolute Gasteiger partial charge is 0.241 e. The van der Waals surface area contributed by atoms with Crippen molar-refractivity contribution in [3.63, 3.8) is 0 Å². The van der Waals surface area contributed by atoms with Crippen LogP contribution in [0.2, 0.25) is 0 Å². The van der Waals surface area contributed by atoms with Crippen LogP contribution in [0.1, 0.15) is 36.5 Å². The van der Waals surface area contributed by atoms with Gasteiger partial charge in [-0.3, -0.25) is 0 Å². The first-order chi connectivity index (χ1) is 12.3. The quantitative estimate of drug-likeness (QED) is 0.711. The molecular formula is C20H27NO4S. The third-order valence-corrected chi connectivity index (χ3v) is 5.90. The molecule has 0 spiro atoms. The summed E-state index contributed by atoms with van der Waals surface area (Å²) in [5, 5.41) is 0. The molecular weight excluding hydrogens is 350 g/mol. The number of hydrogen-bond acceptors (Lipinski definition) is 4. The van der Waals surface area contributed by atoms with E-state index in [1.54, 1.807) is 33.1 Å². The van der Waals surface area contributed by atoms with Gasteiger partial charge in [-0.1, -0.05) is 32.0 Å². The van der Waals surface area contributed by atoms with Crippen molar-refractivity contribution < 1.29 is 17.9 Å². The van der Waals surface area contributed by atoms with Crippen molar-refractivity contribution in [3.8, 4) is 11.5 Å². The second-order valence-corrected chi connectivity index (χ2v) is 8.23. The second-order valence-electron chi connectivity index (χ2n) is 6.53. The van der Waals surface area contributed by atoms with Crippen molar-refractivity contribution in [1.82, 2.24) is 4.72 Å². The van der Waals surface area contributed by atoms with Crippen molar-refractivity contribution >= 4 is 10.0 Å². The normalized spacial score (nSPS) is 11.6. The molecule has 2 aromatic carbocycles. The zero-order chi connectivity index (χ0) is 19.3. The van der Waals surface area contributed by atoms with E-state index in [1.165, 1.54) is 0 Å². The number of sulfonamides is 1. The average Bonchev–Trinajstić information content (AvgIpc) is 2.58. The lowest BCUT2D eigenvalue weighted by molar-refractivity contribution is 0.318. The van der Waals surface area contributed by atoms with E-state index in [-0.39, 0.29) is 13.2 Å². The van der Waals surface area contributed by atoms with Gasteiger partial charge in [0.1, 0.15) is 18.1 Å². The molecule has 0 aliphatic carbocycles. The molecule has 2 aromatic rings. The van der Waals surface area contributed by atoms with Gasteiger partial charge in [-0.05, 0) is 54.7 Å². The summed E-state index contributed by atoms with van der Waals surface area (Å²) >= 11 is 0. The van der Waals surface area contributed by atoms with Gasteiger partial charge in [-0.15, -0.1) is 0 Å². The van der Waals surface area contributed by atoms with E-state index in [0.29, 0.717) is 27.7 Å². The molecule has 2 rings (SSSR count). The van der Waals surface area contributed by atoms with E-state index in [0.717, 1.165) is 11.3 Å². The van der Waals surface area contributed by atoms with E-state index in [9.17, 15) is 8.42 Å². The molecule has 0 fully saturated rings. The van der Waals surface area contributed by atoms with E-state index in [4.69, 9.17) is 9.47 Å². The lowest BCUT2D eigenvalue weighted by Crippen LogP contribution is -2.29. The average molecular weight is 378 g/mol. The summed E-state index contributed by atoms with van der Waals surface area (Å²) in [5.74, 6) is 1.78. The SMILES string of the molecule is COc1cc(C)c(S(=O)(=O)NCCOc2ccccc2C(C)C)c(C)c1. The van der Waals surface area contributed by atoms with Gasteiger partial charge < -0.3 is 9.47 Å². The topological polar surface area (TPSA) is 64.6 Å². The number of ether oxygens (including phenoxy) is 2. The Morgan fingerprint density at radius 1 is 1.08 bits per heavy atom. The highest BCUT2D eigenvalue weighted by Gasteiger charge is 2.20. The molecule has 0 aliphatic heterocycles. The van der Waals surface area contributed by atoms with Gasteiger partial charge >= 0.3 is 0 Å². The molecule has 0 unspecified atom stereocenters. The van der Waals surface area contributed by atoms with Crippen molar-refractivity contribution in [2.24, 2.45) is 0 Å². The maximum absolute atomic E-state index is 12.7. The number of aryl methyl sites for hydroxylation is 2. The number of hydrogen-bond donors (Lipinski definition) is 1. The molecule has 0 aromatic heterocycles. The zero-order valence-electron chi connectivity index (χ0n) is 16.0. The van der Waals surface area contributed by atoms with Gasteiger partial charge in [0.2, 0.25) is 10.0 Å². The van der Waals surface area contributed by atoms with Gasteiger partial charge in [0.15, 0.2) is 0 Å². The first-order valence-corrected chi connectivity index (χ1v) is 10.1. The molecule has 6 heteroatoms. The van der Waals surface area contributed by atoms with Crippen LogP contribution in [-0.4, -0.2) is 28.7 Å². The van der Waals surface area contributed by atoms with Gasteiger partial charge in [0, 0.05) is 6.54 Å². The molecule has 142 valence electrons. The van der Waals surface area contributed by atoms with Crippen LogP contribution in [0.15, 0.2) is 41.3 Å². The summed E-state index contributed by atoms with van der Waals surface area (Å²) in [4.78, 5) is 0.292. The van der Waals surface area contributed by atoms with Crippen LogP contribution in [0.4, 0.5) is 0 Å². The molecule has 0 heterocycles. The van der Waals surface area contributed by atoms with Crippen LogP contribution in [0, 0.1) is 13.8 Å². The Balaban J connectivity index is 2.04. The van der Waals surface area contributed by atoms with Crippen LogP contribution in [0.25, 0.3) is 0 Å². The largest absolute Gasteiger partial charge is 0.497 e. The maximum atomic E-state index is 12.7. The first kappa shape index (κ1) is 20.3. The summed E-state index contributed by atoms with van der Waals surface area (Å²) < 4.78 is 38.9. The monoisotopic (exact) mass is 377 g/mol. The number of rotatable bonds is 8. The summed E-state index contributed by atoms with van der Waals surface area (Å²) in [6.07, 6.45) is 0. The van der Waals surface area contributed by atoms with Gasteiger partial charge in [-0.25, -0.2) is 13.1 Å². The first-order valence-electron chi connectivity index (χ1n) is 8.63. The molecule has 1 N–H and O–H groups in total. The Morgan fingerprint density at radius 2 is 1.69 bits per heavy atom. The van der Waals surface area contributed by atoms with Gasteiger partial charge in [-0.2, -0.15) is 0 Å². The van der Waals surface area contributed by atoms with Crippen molar-refractivity contribution in [2.45, 2.75) is 38.5 Å². The Morgan fingerprint density at radius 3 is 2.27 bits per heavy atom. The van der Waals surface area contributed by atoms with Gasteiger partial charge in [0.05, 0.1) is 12.0 Å². The summed E-state index contributed by atoms with van der Waals surface area (Å²) in [5.41, 5.74) is 2.41. The summed E-state index contributed by atoms with van der Waals surface area (Å²) in [6.45, 7) is 8.18. The fourth-order valence-corrected chi connectivity index (χ4v) is 4.41. The van der Waals surface area contributed by atoms with Crippen molar-refractivity contribution in [1.29, 1.82) is 0 Å². The second kappa shape index (κ2) is 8.56. The van der Waals surface area contributed by atoms with E-state index >= 15 is 0 Å². The minimum absolute atomic E-state index is 0.194. The molecule has 0 aliphatic rings. The summed E-state index contributed by atoms with van der Waals surface area (Å²) in [7, 11) is -2.05. The highest BCUT2D eigenvalue weighted by atomic mass is 32.2. The molecule has 0 saturated carbocycles. The van der Waals surface area contributed by atoms with E-state index in [2.05, 4.69) is 18.6 Å². The fraction of sp³-hybridized carbons (Fsp3) is 0.400. The van der Waals surface area contributed by atoms with Crippen LogP contribution >= 0.6 is 0 Å². The van der Waals surface area contributed by atoms with Crippen LogP contribution in [-0.2, 0) is 10.0 Å². The molecule has 0 atom stereocenters. The summed E-state index contributed by atoms with van der Waals surface area (Å²) in [6, 6.07) is 11.2. The highest BCUT2D eigenvalue weighted by molar-refractivity contribution is 7.89. The minimum atomic E-state index is -3.61. The number of nitrogens with one attached hydrogen (secondary N) is 1. The molecule has 26 heavy (non-hydrogen) atoms. The lowest BCUT2D eigenvalue weighted by atomic mass is 10.0. The van der Waals surface area contributed by atoms with Crippen molar-refractivity contribution in [2.75, 3.05) is 20.3 Å². The Hall–Kier alpha value is -2.05. The highest BCUT2D eigenvalue weighted by Crippen LogP contribution is 2.26. The van der Waals surface area contributed by atoms with Crippen LogP contribution in [0.5, 0.6) is 11.5 Å². The Bertz CT molecular complexity index is 837. The predicted molar refractivity (Wildman–Crippen MR) is 104 cm³/mol. The number of methoxy groups -OCH3 is 1. The molecule has 5 nitrogen and oxygen atoms in total. The standard InChI is InChI=1S/C20H27NO4S/c1-14(2)18-8-6-7-9-19(18)25-11-10-21-26(22,23)20-15(3)12-17(24-5)13-16(20)4/h6-9,12-14,21H,10-11H2,1-5H3. The van der Waals surface area contributed by atoms with Crippen LogP contribution < -0.4 is 14.2 Å². The van der Waals surface area contributed by atoms with E-state index < -0.39 is 10.0 Å². The zero-order valence-corrected chi connectivity index (χ0v) is 16.8. The van der Waals surface area contributed by atoms with Crippen LogP contribution in [0.3, 0.4) is 0 Å². The van der Waals surface area contributed by atoms with E-state index in [1.807, 2.05) is 24.3 Å². The third-order valence-electron chi connectivity index (χ3n) is 4.13. The molecule has 0 amide bonds. The van der Waals surface area contributed by atoms with Gasteiger partial charge in [0.25, 0.3) is 0 Å². The number of benzene rings is 2.